The van der Waals surface area contributed by atoms with Gasteiger partial charge in [-0.05, 0) is 42.8 Å². The zero-order valence-electron chi connectivity index (χ0n) is 13.5. The van der Waals surface area contributed by atoms with E-state index in [2.05, 4.69) is 21.2 Å². The predicted octanol–water partition coefficient (Wildman–Crippen LogP) is 3.08. The molecule has 1 aliphatic rings. The van der Waals surface area contributed by atoms with Crippen LogP contribution in [0.4, 0.5) is 5.69 Å². The Bertz CT molecular complexity index is 808. The molecule has 6 nitrogen and oxygen atoms in total. The van der Waals surface area contributed by atoms with Crippen molar-refractivity contribution >= 4 is 33.5 Å². The van der Waals surface area contributed by atoms with E-state index in [-0.39, 0.29) is 6.61 Å². The van der Waals surface area contributed by atoms with Gasteiger partial charge in [0.25, 0.3) is 5.91 Å². The van der Waals surface area contributed by atoms with Gasteiger partial charge in [-0.1, -0.05) is 28.1 Å². The summed E-state index contributed by atoms with van der Waals surface area (Å²) in [4.78, 5) is 24.0. The molecule has 1 amide bonds. The summed E-state index contributed by atoms with van der Waals surface area (Å²) in [6.07, 6.45) is -0.891. The van der Waals surface area contributed by atoms with Crippen molar-refractivity contribution < 1.29 is 23.8 Å². The molecule has 1 aliphatic heterocycles. The zero-order chi connectivity index (χ0) is 17.8. The second-order valence-corrected chi connectivity index (χ2v) is 6.34. The molecule has 0 bridgehead atoms. The second kappa shape index (κ2) is 7.57. The highest BCUT2D eigenvalue weighted by Crippen LogP contribution is 2.31. The fraction of sp³-hybridized carbons (Fsp3) is 0.222. The normalized spacial score (nSPS) is 15.4. The molecule has 7 heteroatoms. The number of benzene rings is 2. The molecule has 0 saturated heterocycles. The number of fused-ring (bicyclic) bond motifs is 1. The Hall–Kier alpha value is -2.54. The molecule has 0 radical (unpaired) electrons. The van der Waals surface area contributed by atoms with E-state index in [4.69, 9.17) is 14.2 Å². The Balaban J connectivity index is 1.50. The maximum Gasteiger partial charge on any atom is 0.351 e. The molecule has 0 spiro atoms. The van der Waals surface area contributed by atoms with E-state index in [9.17, 15) is 9.59 Å². The van der Waals surface area contributed by atoms with Gasteiger partial charge in [0.1, 0.15) is 6.61 Å². The topological polar surface area (TPSA) is 73.9 Å². The quantitative estimate of drug-likeness (QED) is 0.791. The molecule has 2 aromatic rings. The Morgan fingerprint density at radius 1 is 1.24 bits per heavy atom. The highest BCUT2D eigenvalue weighted by molar-refractivity contribution is 9.10. The van der Waals surface area contributed by atoms with Crippen LogP contribution in [0.2, 0.25) is 0 Å². The van der Waals surface area contributed by atoms with E-state index in [1.807, 2.05) is 25.1 Å². The second-order valence-electron chi connectivity index (χ2n) is 5.48. The highest BCUT2D eigenvalue weighted by Gasteiger charge is 2.29. The summed E-state index contributed by atoms with van der Waals surface area (Å²) in [5.74, 6) is -0.00997. The number of nitrogens with one attached hydrogen (secondary N) is 1. The molecule has 1 heterocycles. The number of anilines is 1. The molecular weight excluding hydrogens is 390 g/mol. The molecule has 0 fully saturated rings. The number of halogens is 1. The summed E-state index contributed by atoms with van der Waals surface area (Å²) in [5, 5.41) is 2.67. The first kappa shape index (κ1) is 17.3. The molecular formula is C18H16BrNO5. The molecule has 0 saturated carbocycles. The number of esters is 1. The average molecular weight is 406 g/mol. The van der Waals surface area contributed by atoms with Gasteiger partial charge in [0.2, 0.25) is 6.10 Å². The van der Waals surface area contributed by atoms with Crippen LogP contribution in [0.3, 0.4) is 0 Å². The van der Waals surface area contributed by atoms with Crippen molar-refractivity contribution in [3.63, 3.8) is 0 Å². The number of para-hydroxylation sites is 2. The number of aryl methyl sites for hydroxylation is 1. The predicted molar refractivity (Wildman–Crippen MR) is 94.8 cm³/mol. The van der Waals surface area contributed by atoms with Crippen LogP contribution in [-0.2, 0) is 14.3 Å². The fourth-order valence-corrected chi connectivity index (χ4v) is 2.53. The van der Waals surface area contributed by atoms with Crippen LogP contribution in [0.5, 0.6) is 11.5 Å². The minimum Gasteiger partial charge on any atom is -0.485 e. The average Bonchev–Trinajstić information content (AvgIpc) is 2.62. The van der Waals surface area contributed by atoms with Gasteiger partial charge in [0.15, 0.2) is 18.1 Å². The monoisotopic (exact) mass is 405 g/mol. The van der Waals surface area contributed by atoms with E-state index in [1.165, 1.54) is 0 Å². The van der Waals surface area contributed by atoms with Crippen LogP contribution in [0, 0.1) is 6.92 Å². The number of carbonyl (C=O) groups excluding carboxylic acids is 2. The summed E-state index contributed by atoms with van der Waals surface area (Å²) in [6, 6.07) is 12.5. The maximum absolute atomic E-state index is 12.1. The Morgan fingerprint density at radius 2 is 2.00 bits per heavy atom. The smallest absolute Gasteiger partial charge is 0.351 e. The zero-order valence-corrected chi connectivity index (χ0v) is 15.0. The minimum atomic E-state index is -0.891. The van der Waals surface area contributed by atoms with Gasteiger partial charge >= 0.3 is 5.97 Å². The van der Waals surface area contributed by atoms with Crippen LogP contribution in [0.1, 0.15) is 5.56 Å². The lowest BCUT2D eigenvalue weighted by molar-refractivity contribution is -0.156. The van der Waals surface area contributed by atoms with Gasteiger partial charge in [-0.15, -0.1) is 0 Å². The molecule has 0 aromatic heterocycles. The lowest BCUT2D eigenvalue weighted by Gasteiger charge is -2.24. The number of hydrogen-bond acceptors (Lipinski definition) is 5. The van der Waals surface area contributed by atoms with Crippen LogP contribution in [0.15, 0.2) is 46.9 Å². The lowest BCUT2D eigenvalue weighted by Crippen LogP contribution is -2.39. The van der Waals surface area contributed by atoms with Crippen molar-refractivity contribution in [3.8, 4) is 11.5 Å². The number of amides is 1. The maximum atomic E-state index is 12.1. The van der Waals surface area contributed by atoms with Gasteiger partial charge < -0.3 is 19.5 Å². The van der Waals surface area contributed by atoms with Gasteiger partial charge in [-0.25, -0.2) is 4.79 Å². The van der Waals surface area contributed by atoms with Crippen LogP contribution in [-0.4, -0.2) is 31.2 Å². The first-order chi connectivity index (χ1) is 12.0. The van der Waals surface area contributed by atoms with Gasteiger partial charge in [-0.2, -0.15) is 0 Å². The largest absolute Gasteiger partial charge is 0.485 e. The summed E-state index contributed by atoms with van der Waals surface area (Å²) in [6.45, 7) is 1.57. The number of rotatable bonds is 4. The number of ether oxygens (including phenoxy) is 3. The molecule has 1 unspecified atom stereocenters. The van der Waals surface area contributed by atoms with Crippen molar-refractivity contribution in [2.75, 3.05) is 18.5 Å². The summed E-state index contributed by atoms with van der Waals surface area (Å²) >= 11 is 3.39. The molecule has 130 valence electrons. The number of carbonyl (C=O) groups is 2. The first-order valence-electron chi connectivity index (χ1n) is 7.64. The van der Waals surface area contributed by atoms with E-state index < -0.39 is 24.6 Å². The molecule has 1 atom stereocenters. The molecule has 3 rings (SSSR count). The Morgan fingerprint density at radius 3 is 2.76 bits per heavy atom. The molecule has 2 aromatic carbocycles. The molecule has 25 heavy (non-hydrogen) atoms. The van der Waals surface area contributed by atoms with Crippen molar-refractivity contribution in [1.29, 1.82) is 0 Å². The Labute approximate surface area is 153 Å². The fourth-order valence-electron chi connectivity index (χ4n) is 2.28. The third-order valence-corrected chi connectivity index (χ3v) is 4.45. The van der Waals surface area contributed by atoms with Crippen molar-refractivity contribution in [1.82, 2.24) is 0 Å². The van der Waals surface area contributed by atoms with Gasteiger partial charge in [0.05, 0.1) is 0 Å². The highest BCUT2D eigenvalue weighted by atomic mass is 79.9. The summed E-state index contributed by atoms with van der Waals surface area (Å²) in [5.41, 5.74) is 1.62. The van der Waals surface area contributed by atoms with E-state index in [0.29, 0.717) is 17.2 Å². The van der Waals surface area contributed by atoms with Gasteiger partial charge in [-0.3, -0.25) is 4.79 Å². The van der Waals surface area contributed by atoms with Crippen molar-refractivity contribution in [2.24, 2.45) is 0 Å². The SMILES string of the molecule is Cc1cc(NC(=O)COC(=O)C2COc3ccccc3O2)ccc1Br. The third kappa shape index (κ3) is 4.30. The van der Waals surface area contributed by atoms with Crippen LogP contribution in [0.25, 0.3) is 0 Å². The van der Waals surface area contributed by atoms with E-state index >= 15 is 0 Å². The van der Waals surface area contributed by atoms with Crippen LogP contribution < -0.4 is 14.8 Å². The van der Waals surface area contributed by atoms with Crippen molar-refractivity contribution in [2.45, 2.75) is 13.0 Å². The third-order valence-electron chi connectivity index (χ3n) is 3.56. The minimum absolute atomic E-state index is 0.0450. The van der Waals surface area contributed by atoms with Gasteiger partial charge in [0, 0.05) is 10.2 Å². The lowest BCUT2D eigenvalue weighted by atomic mass is 10.2. The summed E-state index contributed by atoms with van der Waals surface area (Å²) in [7, 11) is 0. The van der Waals surface area contributed by atoms with Crippen LogP contribution >= 0.6 is 15.9 Å². The Kier molecular flexibility index (Phi) is 5.23. The standard InChI is InChI=1S/C18H16BrNO5/c1-11-8-12(6-7-13(11)19)20-17(21)10-24-18(22)16-9-23-14-4-2-3-5-15(14)25-16/h2-8,16H,9-10H2,1H3,(H,20,21). The molecule has 0 aliphatic carbocycles. The van der Waals surface area contributed by atoms with Crippen molar-refractivity contribution in [3.05, 3.63) is 52.5 Å². The van der Waals surface area contributed by atoms with E-state index in [0.717, 1.165) is 10.0 Å². The summed E-state index contributed by atoms with van der Waals surface area (Å²) < 4.78 is 17.0. The molecule has 1 N–H and O–H groups in total. The number of hydrogen-bond donors (Lipinski definition) is 1. The first-order valence-corrected chi connectivity index (χ1v) is 8.43. The van der Waals surface area contributed by atoms with E-state index in [1.54, 1.807) is 24.3 Å².